The van der Waals surface area contributed by atoms with Crippen LogP contribution in [-0.4, -0.2) is 52.3 Å². The summed E-state index contributed by atoms with van der Waals surface area (Å²) in [4.78, 5) is 0. The Bertz CT molecular complexity index is 1370. The molecule has 222 valence electrons. The summed E-state index contributed by atoms with van der Waals surface area (Å²) in [6.45, 7) is 9.77. The molecular weight excluding hydrogens is 542 g/mol. The van der Waals surface area contributed by atoms with Crippen molar-refractivity contribution in [3.63, 3.8) is 0 Å². The predicted molar refractivity (Wildman–Crippen MR) is 158 cm³/mol. The van der Waals surface area contributed by atoms with E-state index in [1.807, 2.05) is 89.2 Å². The standard InChI is InChI=1S/C32H41NO7S/c1-22-17-19-25(20-18-22)40-41(34,35)33-28(23-13-9-8-10-14-23)26-16-12-11-15-24(26)21-27-38-29(31(2,3)36-6)30(39-27)32(4,5)37-7/h8-20,27-30,33H,21H2,1-7H3/t28-,29+,30+/m0/s1. The van der Waals surface area contributed by atoms with E-state index in [2.05, 4.69) is 4.72 Å². The van der Waals surface area contributed by atoms with Crippen molar-refractivity contribution in [2.24, 2.45) is 0 Å². The molecule has 0 aromatic heterocycles. The lowest BCUT2D eigenvalue weighted by molar-refractivity contribution is -0.132. The summed E-state index contributed by atoms with van der Waals surface area (Å²) in [5.41, 5.74) is 2.13. The SMILES string of the molecule is COC(C)(C)[C@@H]1OC(Cc2ccccc2[C@@H](NS(=O)(=O)Oc2ccc(C)cc2)c2ccccc2)O[C@H]1C(C)(C)OC. The van der Waals surface area contributed by atoms with Crippen molar-refractivity contribution in [1.29, 1.82) is 0 Å². The van der Waals surface area contributed by atoms with Gasteiger partial charge in [-0.05, 0) is 63.4 Å². The maximum Gasteiger partial charge on any atom is 0.383 e. The second-order valence-corrected chi connectivity index (χ2v) is 12.7. The molecule has 1 fully saturated rings. The lowest BCUT2D eigenvalue weighted by Crippen LogP contribution is -2.53. The molecule has 3 atom stereocenters. The first-order valence-electron chi connectivity index (χ1n) is 13.7. The molecule has 0 amide bonds. The van der Waals surface area contributed by atoms with E-state index >= 15 is 0 Å². The molecular formula is C32H41NO7S. The van der Waals surface area contributed by atoms with Crippen LogP contribution in [0.25, 0.3) is 0 Å². The summed E-state index contributed by atoms with van der Waals surface area (Å²) in [6, 6.07) is 23.2. The van der Waals surface area contributed by atoms with Gasteiger partial charge in [0.1, 0.15) is 18.0 Å². The molecule has 8 nitrogen and oxygen atoms in total. The van der Waals surface area contributed by atoms with Crippen molar-refractivity contribution < 1.29 is 31.5 Å². The number of aryl methyl sites for hydroxylation is 1. The molecule has 0 bridgehead atoms. The van der Waals surface area contributed by atoms with Crippen LogP contribution >= 0.6 is 0 Å². The van der Waals surface area contributed by atoms with Crippen LogP contribution in [0.4, 0.5) is 0 Å². The molecule has 1 heterocycles. The number of ether oxygens (including phenoxy) is 4. The summed E-state index contributed by atoms with van der Waals surface area (Å²) >= 11 is 0. The van der Waals surface area contributed by atoms with Gasteiger partial charge in [0.05, 0.1) is 17.2 Å². The Morgan fingerprint density at radius 1 is 0.805 bits per heavy atom. The Balaban J connectivity index is 1.65. The van der Waals surface area contributed by atoms with Crippen LogP contribution in [0.3, 0.4) is 0 Å². The molecule has 41 heavy (non-hydrogen) atoms. The van der Waals surface area contributed by atoms with Crippen LogP contribution in [0, 0.1) is 6.92 Å². The van der Waals surface area contributed by atoms with Crippen molar-refractivity contribution in [2.45, 2.75) is 76.8 Å². The van der Waals surface area contributed by atoms with Gasteiger partial charge in [-0.15, -0.1) is 0 Å². The zero-order valence-corrected chi connectivity index (χ0v) is 25.6. The average Bonchev–Trinajstić information content (AvgIpc) is 3.40. The van der Waals surface area contributed by atoms with Gasteiger partial charge in [-0.3, -0.25) is 0 Å². The van der Waals surface area contributed by atoms with Crippen LogP contribution in [0.15, 0.2) is 78.9 Å². The number of hydrogen-bond acceptors (Lipinski definition) is 7. The number of nitrogens with one attached hydrogen (secondary N) is 1. The van der Waals surface area contributed by atoms with E-state index in [4.69, 9.17) is 23.1 Å². The second-order valence-electron chi connectivity index (χ2n) is 11.4. The van der Waals surface area contributed by atoms with Gasteiger partial charge in [-0.1, -0.05) is 72.3 Å². The first kappa shape index (κ1) is 31.2. The molecule has 1 N–H and O–H groups in total. The molecule has 3 aromatic rings. The number of rotatable bonds is 12. The van der Waals surface area contributed by atoms with Gasteiger partial charge < -0.3 is 23.1 Å². The minimum Gasteiger partial charge on any atom is -0.376 e. The van der Waals surface area contributed by atoms with E-state index < -0.39 is 46.0 Å². The van der Waals surface area contributed by atoms with Crippen LogP contribution in [0.5, 0.6) is 5.75 Å². The van der Waals surface area contributed by atoms with E-state index in [1.165, 1.54) is 0 Å². The smallest absolute Gasteiger partial charge is 0.376 e. The van der Waals surface area contributed by atoms with Crippen molar-refractivity contribution >= 4 is 10.3 Å². The Labute approximate surface area is 244 Å². The van der Waals surface area contributed by atoms with E-state index in [1.54, 1.807) is 38.5 Å². The van der Waals surface area contributed by atoms with Gasteiger partial charge in [0.2, 0.25) is 0 Å². The molecule has 4 rings (SSSR count). The van der Waals surface area contributed by atoms with Gasteiger partial charge in [-0.25, -0.2) is 0 Å². The molecule has 1 aliphatic rings. The van der Waals surface area contributed by atoms with Gasteiger partial charge in [0.25, 0.3) is 0 Å². The maximum atomic E-state index is 13.3. The highest BCUT2D eigenvalue weighted by Gasteiger charge is 2.52. The third kappa shape index (κ3) is 7.54. The molecule has 0 saturated carbocycles. The highest BCUT2D eigenvalue weighted by Crippen LogP contribution is 2.38. The maximum absolute atomic E-state index is 13.3. The fourth-order valence-corrected chi connectivity index (χ4v) is 5.88. The summed E-state index contributed by atoms with van der Waals surface area (Å²) in [7, 11) is -0.894. The zero-order valence-electron chi connectivity index (χ0n) is 24.8. The topological polar surface area (TPSA) is 92.3 Å². The van der Waals surface area contributed by atoms with E-state index in [0.717, 1.165) is 22.3 Å². The highest BCUT2D eigenvalue weighted by atomic mass is 32.2. The van der Waals surface area contributed by atoms with Gasteiger partial charge in [0, 0.05) is 20.6 Å². The van der Waals surface area contributed by atoms with Crippen LogP contribution < -0.4 is 8.91 Å². The molecule has 0 spiro atoms. The quantitative estimate of drug-likeness (QED) is 0.301. The first-order chi connectivity index (χ1) is 19.3. The normalized spacial score (nSPS) is 19.3. The first-order valence-corrected chi connectivity index (χ1v) is 15.1. The largest absolute Gasteiger partial charge is 0.383 e. The van der Waals surface area contributed by atoms with Crippen LogP contribution in [0.1, 0.15) is 56.0 Å². The summed E-state index contributed by atoms with van der Waals surface area (Å²) in [5.74, 6) is 0.231. The van der Waals surface area contributed by atoms with Crippen LogP contribution in [0.2, 0.25) is 0 Å². The summed E-state index contributed by atoms with van der Waals surface area (Å²) in [5, 5.41) is 0. The lowest BCUT2D eigenvalue weighted by atomic mass is 9.87. The van der Waals surface area contributed by atoms with Crippen LogP contribution in [-0.2, 0) is 35.7 Å². The number of hydrogen-bond donors (Lipinski definition) is 1. The average molecular weight is 584 g/mol. The van der Waals surface area contributed by atoms with E-state index in [9.17, 15) is 8.42 Å². The third-order valence-electron chi connectivity index (χ3n) is 7.67. The number of methoxy groups -OCH3 is 2. The molecule has 0 radical (unpaired) electrons. The second kappa shape index (κ2) is 12.6. The van der Waals surface area contributed by atoms with Gasteiger partial charge >= 0.3 is 10.3 Å². The third-order valence-corrected chi connectivity index (χ3v) is 8.61. The van der Waals surface area contributed by atoms with Gasteiger partial charge in [0.15, 0.2) is 6.29 Å². The fraction of sp³-hybridized carbons (Fsp3) is 0.438. The molecule has 0 unspecified atom stereocenters. The molecule has 3 aromatic carbocycles. The van der Waals surface area contributed by atoms with Crippen molar-refractivity contribution in [3.8, 4) is 5.75 Å². The van der Waals surface area contributed by atoms with Crippen molar-refractivity contribution in [1.82, 2.24) is 4.72 Å². The van der Waals surface area contributed by atoms with E-state index in [0.29, 0.717) is 6.42 Å². The summed E-state index contributed by atoms with van der Waals surface area (Å²) in [6.07, 6.45) is -1.02. The lowest BCUT2D eigenvalue weighted by Gasteiger charge is -2.38. The van der Waals surface area contributed by atoms with Crippen molar-refractivity contribution in [2.75, 3.05) is 14.2 Å². The highest BCUT2D eigenvalue weighted by molar-refractivity contribution is 7.85. The Morgan fingerprint density at radius 3 is 1.90 bits per heavy atom. The number of benzene rings is 3. The van der Waals surface area contributed by atoms with Crippen molar-refractivity contribution in [3.05, 3.63) is 101 Å². The molecule has 0 aliphatic carbocycles. The molecule has 1 saturated heterocycles. The minimum absolute atomic E-state index is 0.231. The molecule has 1 aliphatic heterocycles. The Hall–Kier alpha value is -2.79. The van der Waals surface area contributed by atoms with E-state index in [-0.39, 0.29) is 5.75 Å². The summed E-state index contributed by atoms with van der Waals surface area (Å²) < 4.78 is 59.2. The Kier molecular flexibility index (Phi) is 9.58. The van der Waals surface area contributed by atoms with Gasteiger partial charge in [-0.2, -0.15) is 13.1 Å². The monoisotopic (exact) mass is 583 g/mol. The minimum atomic E-state index is -4.20. The Morgan fingerprint density at radius 2 is 1.34 bits per heavy atom. The fourth-order valence-electron chi connectivity index (χ4n) is 4.91. The zero-order chi connectivity index (χ0) is 29.8. The predicted octanol–water partition coefficient (Wildman–Crippen LogP) is 5.50. The molecule has 9 heteroatoms.